The van der Waals surface area contributed by atoms with E-state index in [9.17, 15) is 14.4 Å². The zero-order chi connectivity index (χ0) is 28.9. The third kappa shape index (κ3) is 6.94. The van der Waals surface area contributed by atoms with Gasteiger partial charge in [0, 0.05) is 32.0 Å². The summed E-state index contributed by atoms with van der Waals surface area (Å²) >= 11 is 0.791. The van der Waals surface area contributed by atoms with Crippen molar-refractivity contribution in [3.63, 3.8) is 0 Å². The first kappa shape index (κ1) is 29.6. The average molecular weight is 551 g/mol. The number of carbonyl (C=O) groups is 3. The molecule has 3 rings (SSSR count). The second-order valence-electron chi connectivity index (χ2n) is 10.4. The lowest BCUT2D eigenvalue weighted by molar-refractivity contribution is -0.122. The minimum absolute atomic E-state index is 0.0432. The van der Waals surface area contributed by atoms with Gasteiger partial charge in [0.15, 0.2) is 5.69 Å². The smallest absolute Gasteiger partial charge is 0.273 e. The van der Waals surface area contributed by atoms with E-state index in [1.807, 2.05) is 67.5 Å². The topological polar surface area (TPSA) is 135 Å². The van der Waals surface area contributed by atoms with Crippen molar-refractivity contribution in [1.82, 2.24) is 9.69 Å². The number of anilines is 3. The van der Waals surface area contributed by atoms with Gasteiger partial charge in [-0.15, -0.1) is 0 Å². The molecule has 9 nitrogen and oxygen atoms in total. The van der Waals surface area contributed by atoms with Crippen molar-refractivity contribution in [2.45, 2.75) is 46.1 Å². The number of carbonyl (C=O) groups excluding carboxylic acids is 3. The highest BCUT2D eigenvalue weighted by molar-refractivity contribution is 7.09. The van der Waals surface area contributed by atoms with E-state index < -0.39 is 17.9 Å². The van der Waals surface area contributed by atoms with Gasteiger partial charge < -0.3 is 21.7 Å². The molecule has 1 atom stereocenters. The fraction of sp³-hybridized carbons (Fsp3) is 0.379. The molecule has 3 amide bonds. The van der Waals surface area contributed by atoms with Crippen molar-refractivity contribution in [3.8, 4) is 0 Å². The summed E-state index contributed by atoms with van der Waals surface area (Å²) in [6, 6.07) is 14.0. The molecule has 208 valence electrons. The SMILES string of the molecule is CC(C)CCNC(=O)[C@@H](c1ccc(N(C)C)cc1)N(C(=O)c1snc(C(N)=O)c1N)c1ccc(C(C)C)cc1. The number of rotatable bonds is 11. The van der Waals surface area contributed by atoms with E-state index >= 15 is 0 Å². The zero-order valence-electron chi connectivity index (χ0n) is 23.4. The quantitative estimate of drug-likeness (QED) is 0.320. The normalized spacial score (nSPS) is 11.9. The maximum atomic E-state index is 14.2. The van der Waals surface area contributed by atoms with E-state index in [0.29, 0.717) is 23.7 Å². The fourth-order valence-electron chi connectivity index (χ4n) is 4.10. The van der Waals surface area contributed by atoms with Crippen LogP contribution in [0.1, 0.15) is 77.4 Å². The molecule has 0 saturated heterocycles. The van der Waals surface area contributed by atoms with E-state index in [1.54, 1.807) is 0 Å². The number of amides is 3. The third-order valence-electron chi connectivity index (χ3n) is 6.47. The molecular formula is C29H38N6O3S. The molecule has 0 aliphatic rings. The lowest BCUT2D eigenvalue weighted by atomic mass is 9.99. The number of aromatic nitrogens is 1. The summed E-state index contributed by atoms with van der Waals surface area (Å²) in [6.45, 7) is 8.79. The van der Waals surface area contributed by atoms with Gasteiger partial charge in [0.05, 0.1) is 5.69 Å². The average Bonchev–Trinajstić information content (AvgIpc) is 3.28. The van der Waals surface area contributed by atoms with Crippen molar-refractivity contribution >= 4 is 46.3 Å². The van der Waals surface area contributed by atoms with Gasteiger partial charge in [0.2, 0.25) is 5.91 Å². The second kappa shape index (κ2) is 12.8. The first-order valence-corrected chi connectivity index (χ1v) is 13.7. The molecule has 39 heavy (non-hydrogen) atoms. The fourth-order valence-corrected chi connectivity index (χ4v) is 4.84. The Morgan fingerprint density at radius 2 is 1.49 bits per heavy atom. The number of primary amides is 1. The van der Waals surface area contributed by atoms with Crippen LogP contribution in [-0.2, 0) is 4.79 Å². The molecule has 2 aromatic carbocycles. The van der Waals surface area contributed by atoms with E-state index in [2.05, 4.69) is 37.4 Å². The van der Waals surface area contributed by atoms with Gasteiger partial charge in [-0.25, -0.2) is 0 Å². The van der Waals surface area contributed by atoms with Crippen molar-refractivity contribution in [2.75, 3.05) is 36.2 Å². The van der Waals surface area contributed by atoms with Crippen LogP contribution in [0.3, 0.4) is 0 Å². The summed E-state index contributed by atoms with van der Waals surface area (Å²) in [6.07, 6.45) is 0.790. The zero-order valence-corrected chi connectivity index (χ0v) is 24.2. The van der Waals surface area contributed by atoms with Crippen LogP contribution in [0.15, 0.2) is 48.5 Å². The van der Waals surface area contributed by atoms with Crippen LogP contribution in [0.2, 0.25) is 0 Å². The third-order valence-corrected chi connectivity index (χ3v) is 7.32. The predicted octanol–water partition coefficient (Wildman–Crippen LogP) is 4.56. The second-order valence-corrected chi connectivity index (χ2v) is 11.2. The van der Waals surface area contributed by atoms with Crippen molar-refractivity contribution in [1.29, 1.82) is 0 Å². The van der Waals surface area contributed by atoms with Crippen molar-refractivity contribution < 1.29 is 14.4 Å². The lowest BCUT2D eigenvalue weighted by Crippen LogP contribution is -2.44. The first-order valence-electron chi connectivity index (χ1n) is 13.0. The molecule has 0 saturated carbocycles. The van der Waals surface area contributed by atoms with E-state index in [-0.39, 0.29) is 28.1 Å². The number of hydrogen-bond donors (Lipinski definition) is 3. The molecule has 0 bridgehead atoms. The van der Waals surface area contributed by atoms with Crippen molar-refractivity contribution in [2.24, 2.45) is 11.7 Å². The highest BCUT2D eigenvalue weighted by atomic mass is 32.1. The minimum Gasteiger partial charge on any atom is -0.395 e. The summed E-state index contributed by atoms with van der Waals surface area (Å²) in [5.74, 6) is -1.01. The van der Waals surface area contributed by atoms with Crippen LogP contribution in [0.5, 0.6) is 0 Å². The molecule has 10 heteroatoms. The summed E-state index contributed by atoms with van der Waals surface area (Å²) in [7, 11) is 3.86. The van der Waals surface area contributed by atoms with Crippen LogP contribution in [0, 0.1) is 5.92 Å². The van der Waals surface area contributed by atoms with Crippen molar-refractivity contribution in [3.05, 3.63) is 70.2 Å². The summed E-state index contributed by atoms with van der Waals surface area (Å²) in [4.78, 5) is 43.2. The van der Waals surface area contributed by atoms with Crippen LogP contribution < -0.4 is 26.6 Å². The number of nitrogens with one attached hydrogen (secondary N) is 1. The monoisotopic (exact) mass is 550 g/mol. The Hall–Kier alpha value is -3.92. The van der Waals surface area contributed by atoms with E-state index in [0.717, 1.165) is 29.2 Å². The molecule has 1 aromatic heterocycles. The van der Waals surface area contributed by atoms with Gasteiger partial charge in [-0.3, -0.25) is 19.3 Å². The van der Waals surface area contributed by atoms with Crippen LogP contribution in [-0.4, -0.2) is 42.7 Å². The minimum atomic E-state index is -1.01. The van der Waals surface area contributed by atoms with Gasteiger partial charge in [-0.2, -0.15) is 4.37 Å². The molecule has 0 aliphatic carbocycles. The molecule has 5 N–H and O–H groups in total. The lowest BCUT2D eigenvalue weighted by Gasteiger charge is -2.32. The number of nitrogen functional groups attached to an aromatic ring is 1. The highest BCUT2D eigenvalue weighted by Gasteiger charge is 2.36. The van der Waals surface area contributed by atoms with Gasteiger partial charge in [-0.1, -0.05) is 52.0 Å². The number of nitrogens with two attached hydrogens (primary N) is 2. The first-order chi connectivity index (χ1) is 18.4. The Balaban J connectivity index is 2.18. The molecule has 0 radical (unpaired) electrons. The molecular weight excluding hydrogens is 512 g/mol. The molecule has 0 spiro atoms. The Kier molecular flexibility index (Phi) is 9.69. The van der Waals surface area contributed by atoms with Crippen LogP contribution in [0.4, 0.5) is 17.1 Å². The van der Waals surface area contributed by atoms with Gasteiger partial charge in [0.25, 0.3) is 11.8 Å². The Morgan fingerprint density at radius 3 is 1.97 bits per heavy atom. The predicted molar refractivity (Wildman–Crippen MR) is 158 cm³/mol. The van der Waals surface area contributed by atoms with Gasteiger partial charge in [-0.05, 0) is 65.2 Å². The molecule has 0 unspecified atom stereocenters. The maximum Gasteiger partial charge on any atom is 0.273 e. The standard InChI is InChI=1S/C29H38N6O3S/c1-17(2)15-16-32-28(37)25(20-9-11-21(12-10-20)34(5)6)35(22-13-7-19(8-14-22)18(3)4)29(38)26-23(30)24(27(31)36)33-39-26/h7-14,17-18,25H,15-16,30H2,1-6H3,(H2,31,36)(H,32,37)/t25-/m1/s1. The number of nitrogens with zero attached hydrogens (tertiary/aromatic N) is 3. The molecule has 1 heterocycles. The highest BCUT2D eigenvalue weighted by Crippen LogP contribution is 2.34. The maximum absolute atomic E-state index is 14.2. The van der Waals surface area contributed by atoms with Crippen LogP contribution >= 0.6 is 11.5 Å². The Morgan fingerprint density at radius 1 is 0.923 bits per heavy atom. The Bertz CT molecular complexity index is 1300. The molecule has 0 aliphatic heterocycles. The van der Waals surface area contributed by atoms with Gasteiger partial charge in [0.1, 0.15) is 10.9 Å². The number of hydrogen-bond acceptors (Lipinski definition) is 7. The Labute approximate surface area is 234 Å². The molecule has 0 fully saturated rings. The van der Waals surface area contributed by atoms with E-state index in [1.165, 1.54) is 4.90 Å². The summed E-state index contributed by atoms with van der Waals surface area (Å²) in [5.41, 5.74) is 14.5. The van der Waals surface area contributed by atoms with Crippen LogP contribution in [0.25, 0.3) is 0 Å². The molecule has 3 aromatic rings. The van der Waals surface area contributed by atoms with E-state index in [4.69, 9.17) is 11.5 Å². The van der Waals surface area contributed by atoms with Gasteiger partial charge >= 0.3 is 0 Å². The largest absolute Gasteiger partial charge is 0.395 e. The number of benzene rings is 2. The summed E-state index contributed by atoms with van der Waals surface area (Å²) in [5, 5.41) is 3.01. The summed E-state index contributed by atoms with van der Waals surface area (Å²) < 4.78 is 4.02.